The molecule has 1 unspecified atom stereocenters. The predicted octanol–water partition coefficient (Wildman–Crippen LogP) is 2.80. The van der Waals surface area contributed by atoms with Gasteiger partial charge in [-0.15, -0.1) is 0 Å². The van der Waals surface area contributed by atoms with Gasteiger partial charge in [0.05, 0.1) is 11.6 Å². The lowest BCUT2D eigenvalue weighted by molar-refractivity contribution is -0.133. The van der Waals surface area contributed by atoms with E-state index in [1.165, 1.54) is 12.1 Å². The van der Waals surface area contributed by atoms with Crippen LogP contribution in [0, 0.1) is 5.92 Å². The minimum Gasteiger partial charge on any atom is -0.491 e. The molecule has 2 rings (SSSR count). The molecule has 120 valence electrons. The molecule has 1 aliphatic heterocycles. The minimum absolute atomic E-state index is 0.116. The number of ether oxygens (including phenoxy) is 1. The smallest absolute Gasteiger partial charge is 0.335 e. The Kier molecular flexibility index (Phi) is 5.41. The zero-order chi connectivity index (χ0) is 16.1. The highest BCUT2D eigenvalue weighted by Crippen LogP contribution is 2.21. The molecule has 1 aromatic rings. The largest absolute Gasteiger partial charge is 0.491 e. The van der Waals surface area contributed by atoms with Crippen molar-refractivity contribution in [3.05, 3.63) is 29.8 Å². The molecule has 0 aromatic heterocycles. The van der Waals surface area contributed by atoms with Crippen LogP contribution < -0.4 is 4.74 Å². The van der Waals surface area contributed by atoms with Crippen LogP contribution in [0.2, 0.25) is 0 Å². The number of hydrogen-bond donors (Lipinski definition) is 1. The van der Waals surface area contributed by atoms with Gasteiger partial charge in [-0.05, 0) is 43.0 Å². The summed E-state index contributed by atoms with van der Waals surface area (Å²) < 4.78 is 5.72. The summed E-state index contributed by atoms with van der Waals surface area (Å²) in [7, 11) is 0. The van der Waals surface area contributed by atoms with Crippen molar-refractivity contribution in [2.45, 2.75) is 39.2 Å². The first-order chi connectivity index (χ1) is 10.5. The van der Waals surface area contributed by atoms with E-state index in [0.717, 1.165) is 19.4 Å². The predicted molar refractivity (Wildman–Crippen MR) is 83.1 cm³/mol. The maximum Gasteiger partial charge on any atom is 0.335 e. The van der Waals surface area contributed by atoms with Crippen molar-refractivity contribution in [1.82, 2.24) is 4.90 Å². The number of likely N-dealkylation sites (tertiary alicyclic amines) is 1. The number of hydrogen-bond acceptors (Lipinski definition) is 3. The number of carboxylic acid groups (broad SMARTS) is 1. The van der Waals surface area contributed by atoms with Crippen molar-refractivity contribution in [2.75, 3.05) is 13.2 Å². The Morgan fingerprint density at radius 3 is 2.59 bits per heavy atom. The third kappa shape index (κ3) is 4.23. The highest BCUT2D eigenvalue weighted by atomic mass is 16.5. The van der Waals surface area contributed by atoms with Crippen molar-refractivity contribution in [3.63, 3.8) is 0 Å². The summed E-state index contributed by atoms with van der Waals surface area (Å²) in [5.74, 6) is 0.238. The zero-order valence-corrected chi connectivity index (χ0v) is 13.1. The normalized spacial score (nSPS) is 17.8. The molecule has 1 N–H and O–H groups in total. The molecule has 1 aliphatic rings. The molecule has 0 aliphatic carbocycles. The van der Waals surface area contributed by atoms with Gasteiger partial charge in [-0.3, -0.25) is 4.79 Å². The molecular formula is C17H23NO4. The van der Waals surface area contributed by atoms with E-state index in [9.17, 15) is 9.59 Å². The number of rotatable bonds is 6. The van der Waals surface area contributed by atoms with Gasteiger partial charge in [0.2, 0.25) is 5.91 Å². The number of amides is 1. The first-order valence-electron chi connectivity index (χ1n) is 7.73. The zero-order valence-electron chi connectivity index (χ0n) is 13.1. The molecular weight excluding hydrogens is 282 g/mol. The second kappa shape index (κ2) is 7.29. The van der Waals surface area contributed by atoms with E-state index in [1.54, 1.807) is 12.1 Å². The van der Waals surface area contributed by atoms with Crippen LogP contribution >= 0.6 is 0 Å². The van der Waals surface area contributed by atoms with E-state index >= 15 is 0 Å². The van der Waals surface area contributed by atoms with E-state index in [4.69, 9.17) is 9.84 Å². The summed E-state index contributed by atoms with van der Waals surface area (Å²) in [5, 5.41) is 8.86. The standard InChI is InChI=1S/C17H23NO4/c1-12(2)10-16(19)18-9-3-4-14(18)11-22-15-7-5-13(6-8-15)17(20)21/h5-8,12,14H,3-4,9-11H2,1-2H3,(H,20,21). The summed E-state index contributed by atoms with van der Waals surface area (Å²) >= 11 is 0. The highest BCUT2D eigenvalue weighted by molar-refractivity contribution is 5.87. The molecule has 0 spiro atoms. The summed E-state index contributed by atoms with van der Waals surface area (Å²) in [5.41, 5.74) is 0.238. The Labute approximate surface area is 130 Å². The topological polar surface area (TPSA) is 66.8 Å². The van der Waals surface area contributed by atoms with Crippen LogP contribution in [0.5, 0.6) is 5.75 Å². The monoisotopic (exact) mass is 305 g/mol. The average molecular weight is 305 g/mol. The van der Waals surface area contributed by atoms with Crippen LogP contribution in [0.15, 0.2) is 24.3 Å². The molecule has 22 heavy (non-hydrogen) atoms. The molecule has 0 saturated carbocycles. The molecule has 5 nitrogen and oxygen atoms in total. The number of aromatic carboxylic acids is 1. The third-order valence-corrected chi connectivity index (χ3v) is 3.82. The summed E-state index contributed by atoms with van der Waals surface area (Å²) in [4.78, 5) is 24.9. The van der Waals surface area contributed by atoms with Gasteiger partial charge in [-0.25, -0.2) is 4.79 Å². The van der Waals surface area contributed by atoms with E-state index in [2.05, 4.69) is 0 Å². The fraction of sp³-hybridized carbons (Fsp3) is 0.529. The van der Waals surface area contributed by atoms with Gasteiger partial charge in [0.25, 0.3) is 0 Å². The van der Waals surface area contributed by atoms with Gasteiger partial charge >= 0.3 is 5.97 Å². The number of carboxylic acids is 1. The Morgan fingerprint density at radius 2 is 2.00 bits per heavy atom. The van der Waals surface area contributed by atoms with Crippen molar-refractivity contribution in [1.29, 1.82) is 0 Å². The maximum absolute atomic E-state index is 12.2. The van der Waals surface area contributed by atoms with E-state index < -0.39 is 5.97 Å². The molecule has 1 saturated heterocycles. The molecule has 1 heterocycles. The van der Waals surface area contributed by atoms with Gasteiger partial charge in [-0.1, -0.05) is 13.8 Å². The summed E-state index contributed by atoms with van der Waals surface area (Å²) in [6.07, 6.45) is 2.54. The van der Waals surface area contributed by atoms with Gasteiger partial charge in [0.1, 0.15) is 12.4 Å². The van der Waals surface area contributed by atoms with Crippen LogP contribution in [0.25, 0.3) is 0 Å². The van der Waals surface area contributed by atoms with Gasteiger partial charge in [0, 0.05) is 13.0 Å². The van der Waals surface area contributed by atoms with E-state index in [0.29, 0.717) is 24.7 Å². The second-order valence-electron chi connectivity index (χ2n) is 6.12. The van der Waals surface area contributed by atoms with Crippen LogP contribution in [0.3, 0.4) is 0 Å². The quantitative estimate of drug-likeness (QED) is 0.877. The maximum atomic E-state index is 12.2. The third-order valence-electron chi connectivity index (χ3n) is 3.82. The number of carbonyl (C=O) groups is 2. The van der Waals surface area contributed by atoms with Gasteiger partial charge in [-0.2, -0.15) is 0 Å². The van der Waals surface area contributed by atoms with E-state index in [1.807, 2.05) is 18.7 Å². The molecule has 1 aromatic carbocycles. The molecule has 0 bridgehead atoms. The van der Waals surface area contributed by atoms with Crippen LogP contribution in [-0.2, 0) is 4.79 Å². The molecule has 0 radical (unpaired) electrons. The highest BCUT2D eigenvalue weighted by Gasteiger charge is 2.29. The first-order valence-corrected chi connectivity index (χ1v) is 7.73. The van der Waals surface area contributed by atoms with Gasteiger partial charge in [0.15, 0.2) is 0 Å². The van der Waals surface area contributed by atoms with Crippen LogP contribution in [0.1, 0.15) is 43.5 Å². The second-order valence-corrected chi connectivity index (χ2v) is 6.12. The van der Waals surface area contributed by atoms with Crippen LogP contribution in [-0.4, -0.2) is 41.1 Å². The van der Waals surface area contributed by atoms with Crippen LogP contribution in [0.4, 0.5) is 0 Å². The number of benzene rings is 1. The number of nitrogens with zero attached hydrogens (tertiary/aromatic N) is 1. The molecule has 5 heteroatoms. The average Bonchev–Trinajstić information content (AvgIpc) is 2.93. The Balaban J connectivity index is 1.89. The minimum atomic E-state index is -0.951. The Morgan fingerprint density at radius 1 is 1.32 bits per heavy atom. The molecule has 1 fully saturated rings. The Hall–Kier alpha value is -2.04. The van der Waals surface area contributed by atoms with Crippen molar-refractivity contribution >= 4 is 11.9 Å². The molecule has 1 amide bonds. The Bertz CT molecular complexity index is 524. The fourth-order valence-electron chi connectivity index (χ4n) is 2.69. The van der Waals surface area contributed by atoms with Crippen molar-refractivity contribution in [3.8, 4) is 5.75 Å². The fourth-order valence-corrected chi connectivity index (χ4v) is 2.69. The summed E-state index contributed by atoms with van der Waals surface area (Å²) in [6, 6.07) is 6.46. The first kappa shape index (κ1) is 16.3. The molecule has 1 atom stereocenters. The SMILES string of the molecule is CC(C)CC(=O)N1CCCC1COc1ccc(C(=O)O)cc1. The van der Waals surface area contributed by atoms with E-state index in [-0.39, 0.29) is 17.5 Å². The van der Waals surface area contributed by atoms with Crippen molar-refractivity contribution in [2.24, 2.45) is 5.92 Å². The summed E-state index contributed by atoms with van der Waals surface area (Å²) in [6.45, 7) is 5.35. The van der Waals surface area contributed by atoms with Crippen molar-refractivity contribution < 1.29 is 19.4 Å². The number of carbonyl (C=O) groups excluding carboxylic acids is 1. The lowest BCUT2D eigenvalue weighted by atomic mass is 10.1. The lowest BCUT2D eigenvalue weighted by Crippen LogP contribution is -2.39. The lowest BCUT2D eigenvalue weighted by Gasteiger charge is -2.25. The van der Waals surface area contributed by atoms with Gasteiger partial charge < -0.3 is 14.7 Å².